The van der Waals surface area contributed by atoms with Crippen LogP contribution in [0.5, 0.6) is 11.6 Å². The summed E-state index contributed by atoms with van der Waals surface area (Å²) in [6.07, 6.45) is 4.28. The van der Waals surface area contributed by atoms with Gasteiger partial charge in [0.15, 0.2) is 0 Å². The second-order valence-electron chi connectivity index (χ2n) is 11.7. The number of nitrogens with one attached hydrogen (secondary N) is 3. The van der Waals surface area contributed by atoms with E-state index in [2.05, 4.69) is 30.8 Å². The van der Waals surface area contributed by atoms with E-state index >= 15 is 0 Å². The van der Waals surface area contributed by atoms with Crippen LogP contribution in [-0.4, -0.2) is 82.8 Å². The van der Waals surface area contributed by atoms with Crippen LogP contribution in [0.2, 0.25) is 10.0 Å². The van der Waals surface area contributed by atoms with Crippen LogP contribution in [0.3, 0.4) is 0 Å². The Labute approximate surface area is 287 Å². The monoisotopic (exact) mass is 691 g/mol. The molecule has 0 unspecified atom stereocenters. The summed E-state index contributed by atoms with van der Waals surface area (Å²) >= 11 is 13.8. The highest BCUT2D eigenvalue weighted by Gasteiger charge is 2.26. The van der Waals surface area contributed by atoms with Gasteiger partial charge < -0.3 is 30.5 Å². The number of likely N-dealkylation sites (tertiary alicyclic amines) is 1. The molecule has 0 saturated carbocycles. The molecule has 5 heterocycles. The third kappa shape index (κ3) is 7.38. The summed E-state index contributed by atoms with van der Waals surface area (Å²) in [4.78, 5) is 40.4. The molecule has 6 rings (SSSR count). The van der Waals surface area contributed by atoms with Crippen molar-refractivity contribution in [2.24, 2.45) is 0 Å². The molecule has 2 amide bonds. The molecular formula is C34H35Cl2N7O5. The number of carbonyl (C=O) groups excluding carboxylic acids is 2. The first-order valence-corrected chi connectivity index (χ1v) is 16.2. The van der Waals surface area contributed by atoms with Gasteiger partial charge in [0, 0.05) is 85.9 Å². The van der Waals surface area contributed by atoms with Crippen LogP contribution >= 0.6 is 23.2 Å². The Morgan fingerprint density at radius 1 is 1.06 bits per heavy atom. The second kappa shape index (κ2) is 14.8. The summed E-state index contributed by atoms with van der Waals surface area (Å²) in [5.74, 6) is 0.588. The predicted molar refractivity (Wildman–Crippen MR) is 182 cm³/mol. The number of β-amino-alcohol motifs (C(OH)–C–C–N with tert-alkyl or cyclic N) is 1. The standard InChI is InChI=1S/C34H35Cl2N7O5/c1-47-28-12-27(39-14-20(28)16-43-17-22(44)18-43)33(46)41-26-5-3-4-24(30(26)35)32-31(36)23(10-11-38-32)25-8-6-19(34(42-25)48-2)13-37-15-21-7-9-29(45)40-21/h3-6,8,10-12,14,21-22,37,44H,7,9,13,15-18H2,1-2H3,(H,40,45)(H,41,46)/t21-/m0/s1. The van der Waals surface area contributed by atoms with E-state index in [1.165, 1.54) is 7.11 Å². The Hall–Kier alpha value is -4.33. The van der Waals surface area contributed by atoms with E-state index < -0.39 is 5.91 Å². The van der Waals surface area contributed by atoms with Gasteiger partial charge in [0.2, 0.25) is 11.8 Å². The number of benzene rings is 1. The molecule has 4 N–H and O–H groups in total. The first-order chi connectivity index (χ1) is 23.2. The Kier molecular flexibility index (Phi) is 10.4. The molecule has 0 bridgehead atoms. The van der Waals surface area contributed by atoms with Gasteiger partial charge in [-0.3, -0.25) is 24.5 Å². The van der Waals surface area contributed by atoms with E-state index in [0.717, 1.165) is 17.5 Å². The van der Waals surface area contributed by atoms with Crippen LogP contribution in [0, 0.1) is 0 Å². The van der Waals surface area contributed by atoms with Gasteiger partial charge in [0.1, 0.15) is 11.4 Å². The number of ether oxygens (including phenoxy) is 2. The summed E-state index contributed by atoms with van der Waals surface area (Å²) in [7, 11) is 3.10. The third-order valence-electron chi connectivity index (χ3n) is 8.32. The molecule has 48 heavy (non-hydrogen) atoms. The number of amides is 2. The minimum atomic E-state index is -0.468. The van der Waals surface area contributed by atoms with E-state index in [1.807, 2.05) is 12.1 Å². The molecule has 2 saturated heterocycles. The van der Waals surface area contributed by atoms with E-state index in [0.29, 0.717) is 84.0 Å². The fourth-order valence-electron chi connectivity index (χ4n) is 5.78. The molecule has 250 valence electrons. The third-order valence-corrected chi connectivity index (χ3v) is 9.11. The smallest absolute Gasteiger partial charge is 0.274 e. The molecule has 2 aliphatic heterocycles. The number of aliphatic hydroxyl groups excluding tert-OH is 1. The number of halogens is 2. The fourth-order valence-corrected chi connectivity index (χ4v) is 6.35. The Morgan fingerprint density at radius 3 is 2.62 bits per heavy atom. The maximum atomic E-state index is 13.3. The average molecular weight is 693 g/mol. The van der Waals surface area contributed by atoms with Gasteiger partial charge in [-0.2, -0.15) is 0 Å². The molecule has 0 radical (unpaired) electrons. The van der Waals surface area contributed by atoms with Crippen LogP contribution < -0.4 is 25.4 Å². The summed E-state index contributed by atoms with van der Waals surface area (Å²) in [6, 6.07) is 12.5. The maximum absolute atomic E-state index is 13.3. The van der Waals surface area contributed by atoms with Crippen molar-refractivity contribution in [1.29, 1.82) is 0 Å². The summed E-state index contributed by atoms with van der Waals surface area (Å²) in [6.45, 7) is 2.89. The van der Waals surface area contributed by atoms with E-state index in [-0.39, 0.29) is 28.8 Å². The number of rotatable bonds is 12. The molecule has 14 heteroatoms. The molecule has 1 atom stereocenters. The summed E-state index contributed by atoms with van der Waals surface area (Å²) in [5, 5.41) is 19.3. The first-order valence-electron chi connectivity index (χ1n) is 15.5. The van der Waals surface area contributed by atoms with Crippen LogP contribution in [0.25, 0.3) is 22.5 Å². The van der Waals surface area contributed by atoms with Gasteiger partial charge in [0.25, 0.3) is 5.91 Å². The van der Waals surface area contributed by atoms with Gasteiger partial charge in [-0.25, -0.2) is 4.98 Å². The minimum Gasteiger partial charge on any atom is -0.496 e. The number of hydrogen-bond acceptors (Lipinski definition) is 10. The van der Waals surface area contributed by atoms with Crippen LogP contribution in [0.15, 0.2) is 54.9 Å². The number of aliphatic hydroxyl groups is 1. The maximum Gasteiger partial charge on any atom is 0.274 e. The van der Waals surface area contributed by atoms with Crippen molar-refractivity contribution < 1.29 is 24.2 Å². The largest absolute Gasteiger partial charge is 0.496 e. The molecule has 4 aromatic rings. The summed E-state index contributed by atoms with van der Waals surface area (Å²) in [5.41, 5.74) is 4.34. The Morgan fingerprint density at radius 2 is 1.90 bits per heavy atom. The van der Waals surface area contributed by atoms with Gasteiger partial charge >= 0.3 is 0 Å². The lowest BCUT2D eigenvalue weighted by molar-refractivity contribution is -0.119. The van der Waals surface area contributed by atoms with Crippen LogP contribution in [-0.2, 0) is 17.9 Å². The molecule has 0 aliphatic carbocycles. The molecular weight excluding hydrogens is 657 g/mol. The van der Waals surface area contributed by atoms with Gasteiger partial charge in [-0.05, 0) is 24.6 Å². The highest BCUT2D eigenvalue weighted by molar-refractivity contribution is 6.39. The number of carbonyl (C=O) groups is 2. The number of methoxy groups -OCH3 is 2. The second-order valence-corrected chi connectivity index (χ2v) is 12.4. The van der Waals surface area contributed by atoms with Gasteiger partial charge in [-0.1, -0.05) is 41.4 Å². The molecule has 3 aromatic heterocycles. The highest BCUT2D eigenvalue weighted by Crippen LogP contribution is 2.40. The highest BCUT2D eigenvalue weighted by atomic mass is 35.5. The van der Waals surface area contributed by atoms with Gasteiger partial charge in [0.05, 0.1) is 47.4 Å². The fraction of sp³-hybridized carbons (Fsp3) is 0.324. The lowest BCUT2D eigenvalue weighted by atomic mass is 10.1. The molecule has 2 aliphatic rings. The number of nitrogens with zero attached hydrogens (tertiary/aromatic N) is 4. The Bertz CT molecular complexity index is 1840. The normalized spacial score (nSPS) is 16.4. The van der Waals surface area contributed by atoms with Crippen molar-refractivity contribution in [3.63, 3.8) is 0 Å². The predicted octanol–water partition coefficient (Wildman–Crippen LogP) is 4.33. The van der Waals surface area contributed by atoms with E-state index in [9.17, 15) is 14.7 Å². The van der Waals surface area contributed by atoms with E-state index in [1.54, 1.807) is 49.8 Å². The number of aromatic nitrogens is 3. The zero-order valence-corrected chi connectivity index (χ0v) is 27.9. The zero-order chi connectivity index (χ0) is 33.8. The zero-order valence-electron chi connectivity index (χ0n) is 26.4. The summed E-state index contributed by atoms with van der Waals surface area (Å²) < 4.78 is 11.1. The SMILES string of the molecule is COc1cc(C(=O)Nc2cccc(-c3nccc(-c4ccc(CNC[C@@H]5CCC(=O)N5)c(OC)n4)c3Cl)c2Cl)ncc1CN1CC(O)C1. The quantitative estimate of drug-likeness (QED) is 0.169. The van der Waals surface area contributed by atoms with Crippen molar-refractivity contribution in [2.45, 2.75) is 38.1 Å². The topological polar surface area (TPSA) is 151 Å². The molecule has 1 aromatic carbocycles. The van der Waals surface area contributed by atoms with Crippen molar-refractivity contribution in [2.75, 3.05) is 39.2 Å². The van der Waals surface area contributed by atoms with Crippen LogP contribution in [0.4, 0.5) is 5.69 Å². The average Bonchev–Trinajstić information content (AvgIpc) is 3.50. The first kappa shape index (κ1) is 33.6. The van der Waals surface area contributed by atoms with Crippen molar-refractivity contribution in [3.05, 3.63) is 81.7 Å². The molecule has 12 nitrogen and oxygen atoms in total. The number of pyridine rings is 3. The molecule has 2 fully saturated rings. The molecule has 0 spiro atoms. The minimum absolute atomic E-state index is 0.0810. The van der Waals surface area contributed by atoms with Crippen molar-refractivity contribution in [1.82, 2.24) is 30.5 Å². The van der Waals surface area contributed by atoms with Crippen molar-refractivity contribution in [3.8, 4) is 34.1 Å². The van der Waals surface area contributed by atoms with E-state index in [4.69, 9.17) is 37.7 Å². The van der Waals surface area contributed by atoms with Crippen LogP contribution in [0.1, 0.15) is 34.5 Å². The lowest BCUT2D eigenvalue weighted by Crippen LogP contribution is -2.49. The Balaban J connectivity index is 1.18. The van der Waals surface area contributed by atoms with Crippen molar-refractivity contribution >= 4 is 40.7 Å². The number of hydrogen-bond donors (Lipinski definition) is 4. The van der Waals surface area contributed by atoms with Gasteiger partial charge in [-0.15, -0.1) is 0 Å². The number of anilines is 1. The lowest BCUT2D eigenvalue weighted by Gasteiger charge is -2.35.